The van der Waals surface area contributed by atoms with Crippen molar-refractivity contribution in [3.63, 3.8) is 0 Å². The molecule has 0 unspecified atom stereocenters. The minimum absolute atomic E-state index is 0.254. The van der Waals surface area contributed by atoms with Gasteiger partial charge in [-0.05, 0) is 4.91 Å². The lowest BCUT2D eigenvalue weighted by Crippen LogP contribution is -1.99. The van der Waals surface area contributed by atoms with Crippen molar-refractivity contribution < 1.29 is 1.37 Å². The number of nitrogens with one attached hydrogen (secondary N) is 2. The normalized spacial score (nSPS) is 9.75. The number of hydrogen-bond acceptors (Lipinski definition) is 7. The SMILES string of the molecule is Nc1cncnc1N.O=c1[nH]c2cncnc2[nH]1.[2H]CI. The Kier molecular flexibility index (Phi) is 5.70. The number of nitrogen functional groups attached to an aromatic ring is 2. The maximum absolute atomic E-state index is 10.6. The second-order valence-electron chi connectivity index (χ2n) is 3.23. The molecule has 3 heterocycles. The summed E-state index contributed by atoms with van der Waals surface area (Å²) in [4.78, 5) is 30.9. The number of H-pyrrole nitrogens is 2. The van der Waals surface area contributed by atoms with Gasteiger partial charge in [0.25, 0.3) is 0 Å². The van der Waals surface area contributed by atoms with E-state index in [1.807, 2.05) is 22.6 Å². The van der Waals surface area contributed by atoms with Crippen LogP contribution in [0.2, 0.25) is 0 Å². The van der Waals surface area contributed by atoms with E-state index in [0.29, 0.717) is 27.6 Å². The van der Waals surface area contributed by atoms with Crippen LogP contribution in [0.4, 0.5) is 11.5 Å². The van der Waals surface area contributed by atoms with Crippen molar-refractivity contribution in [1.29, 1.82) is 0 Å². The van der Waals surface area contributed by atoms with Crippen LogP contribution in [0.3, 0.4) is 0 Å². The third kappa shape index (κ3) is 4.46. The van der Waals surface area contributed by atoms with Crippen LogP contribution in [0.15, 0.2) is 29.8 Å². The van der Waals surface area contributed by atoms with Crippen molar-refractivity contribution in [3.8, 4) is 0 Å². The lowest BCUT2D eigenvalue weighted by Gasteiger charge is -1.91. The topological polar surface area (TPSA) is 152 Å². The number of halogens is 1. The Hall–Kier alpha value is -2.24. The van der Waals surface area contributed by atoms with Gasteiger partial charge in [-0.2, -0.15) is 0 Å². The Morgan fingerprint density at radius 2 is 1.85 bits per heavy atom. The first-order valence-electron chi connectivity index (χ1n) is 5.83. The molecule has 0 saturated heterocycles. The highest BCUT2D eigenvalue weighted by Gasteiger charge is 1.94. The molecule has 3 aromatic rings. The van der Waals surface area contributed by atoms with E-state index >= 15 is 0 Å². The number of rotatable bonds is 0. The summed E-state index contributed by atoms with van der Waals surface area (Å²) in [5.74, 6) is 0.333. The van der Waals surface area contributed by atoms with E-state index in [1.165, 1.54) is 18.9 Å². The Balaban J connectivity index is 0.000000181. The van der Waals surface area contributed by atoms with Crippen molar-refractivity contribution in [2.75, 3.05) is 16.4 Å². The van der Waals surface area contributed by atoms with Crippen molar-refractivity contribution in [3.05, 3.63) is 35.5 Å². The highest BCUT2D eigenvalue weighted by Crippen LogP contribution is 2.03. The maximum atomic E-state index is 10.6. The molecule has 0 bridgehead atoms. The van der Waals surface area contributed by atoms with E-state index in [1.54, 1.807) is 6.20 Å². The van der Waals surface area contributed by atoms with Gasteiger partial charge in [-0.1, -0.05) is 22.6 Å². The van der Waals surface area contributed by atoms with Crippen molar-refractivity contribution in [2.24, 2.45) is 0 Å². The van der Waals surface area contributed by atoms with Gasteiger partial charge in [-0.3, -0.25) is 4.98 Å². The molecule has 0 atom stereocenters. The van der Waals surface area contributed by atoms with Crippen LogP contribution >= 0.6 is 22.6 Å². The van der Waals surface area contributed by atoms with Gasteiger partial charge in [-0.25, -0.2) is 24.7 Å². The first-order chi connectivity index (χ1) is 10.1. The summed E-state index contributed by atoms with van der Waals surface area (Å²) >= 11 is 1.96. The summed E-state index contributed by atoms with van der Waals surface area (Å²) < 4.78 is 6.20. The molecule has 0 fully saturated rings. The van der Waals surface area contributed by atoms with E-state index in [-0.39, 0.29) is 5.69 Å². The number of nitrogens with zero attached hydrogens (tertiary/aromatic N) is 4. The fourth-order valence-electron chi connectivity index (χ4n) is 1.13. The average Bonchev–Trinajstić information content (AvgIpc) is 2.84. The highest BCUT2D eigenvalue weighted by molar-refractivity contribution is 14.1. The standard InChI is InChI=1S/C5H4N4O.C4H6N4.CH3I/c10-5-8-3-1-6-2-7-4(3)9-5;5-3-1-7-2-8-4(3)6;1-2/h1-2H,(H2,6,7,8,9,10);1-2H,5H2,(H2,6,7,8);1H3/i;;1D. The van der Waals surface area contributed by atoms with Gasteiger partial charge >= 0.3 is 5.69 Å². The summed E-state index contributed by atoms with van der Waals surface area (Å²) in [5, 5.41) is 0. The van der Waals surface area contributed by atoms with Gasteiger partial charge in [0.1, 0.15) is 24.0 Å². The van der Waals surface area contributed by atoms with Gasteiger partial charge in [0.2, 0.25) is 0 Å². The molecule has 106 valence electrons. The quantitative estimate of drug-likeness (QED) is 0.319. The number of fused-ring (bicyclic) bond motifs is 1. The molecule has 0 amide bonds. The fourth-order valence-corrected chi connectivity index (χ4v) is 1.13. The van der Waals surface area contributed by atoms with E-state index in [2.05, 4.69) is 29.9 Å². The van der Waals surface area contributed by atoms with Crippen molar-refractivity contribution >= 4 is 45.3 Å². The molecule has 0 saturated carbocycles. The number of anilines is 2. The van der Waals surface area contributed by atoms with Gasteiger partial charge in [-0.15, -0.1) is 0 Å². The summed E-state index contributed by atoms with van der Waals surface area (Å²) in [6, 6.07) is 0. The Labute approximate surface area is 128 Å². The number of nitrogens with two attached hydrogens (primary N) is 2. The molecule has 20 heavy (non-hydrogen) atoms. The van der Waals surface area contributed by atoms with E-state index < -0.39 is 0 Å². The molecule has 6 N–H and O–H groups in total. The number of hydrogen-bond donors (Lipinski definition) is 4. The van der Waals surface area contributed by atoms with Gasteiger partial charge in [0.15, 0.2) is 5.65 Å². The van der Waals surface area contributed by atoms with Crippen LogP contribution in [0.25, 0.3) is 11.2 Å². The Morgan fingerprint density at radius 1 is 1.20 bits per heavy atom. The van der Waals surface area contributed by atoms with Crippen LogP contribution in [0.5, 0.6) is 0 Å². The molecule has 0 aliphatic carbocycles. The summed E-state index contributed by atoms with van der Waals surface area (Å²) in [6.45, 7) is 0. The van der Waals surface area contributed by atoms with Crippen LogP contribution in [0, 0.1) is 0 Å². The third-order valence-electron chi connectivity index (χ3n) is 1.97. The molecular weight excluding hydrogens is 375 g/mol. The molecule has 0 radical (unpaired) electrons. The third-order valence-corrected chi connectivity index (χ3v) is 1.97. The predicted octanol–water partition coefficient (Wildman–Crippen LogP) is 0.338. The molecule has 0 spiro atoms. The largest absolute Gasteiger partial charge is 0.394 e. The van der Waals surface area contributed by atoms with Crippen molar-refractivity contribution in [2.45, 2.75) is 0 Å². The van der Waals surface area contributed by atoms with E-state index in [4.69, 9.17) is 12.8 Å². The predicted molar refractivity (Wildman–Crippen MR) is 85.3 cm³/mol. The zero-order chi connectivity index (χ0) is 15.7. The zero-order valence-electron chi connectivity index (χ0n) is 11.2. The molecule has 3 rings (SSSR count). The van der Waals surface area contributed by atoms with Crippen molar-refractivity contribution in [1.82, 2.24) is 29.9 Å². The number of imidazole rings is 1. The monoisotopic (exact) mass is 389 g/mol. The summed E-state index contributed by atoms with van der Waals surface area (Å²) in [5.41, 5.74) is 11.9. The lowest BCUT2D eigenvalue weighted by molar-refractivity contribution is 1.18. The first-order valence-corrected chi connectivity index (χ1v) is 6.65. The lowest BCUT2D eigenvalue weighted by atomic mass is 10.5. The summed E-state index contributed by atoms with van der Waals surface area (Å²) in [7, 11) is 0. The maximum Gasteiger partial charge on any atom is 0.325 e. The number of aromatic nitrogens is 6. The Morgan fingerprint density at radius 3 is 2.40 bits per heavy atom. The Bertz CT molecular complexity index is 673. The van der Waals surface area contributed by atoms with Gasteiger partial charge in [0.05, 0.1) is 18.1 Å². The molecule has 0 aromatic carbocycles. The molecule has 0 aliphatic heterocycles. The minimum atomic E-state index is -0.254. The molecule has 10 heteroatoms. The second kappa shape index (κ2) is 8.04. The average molecular weight is 389 g/mol. The molecular formula is C10H13IN8O. The summed E-state index contributed by atoms with van der Waals surface area (Å²) in [6.07, 6.45) is 5.74. The highest BCUT2D eigenvalue weighted by atomic mass is 127. The van der Waals surface area contributed by atoms with Crippen LogP contribution < -0.4 is 17.2 Å². The first kappa shape index (κ1) is 14.2. The van der Waals surface area contributed by atoms with Crippen LogP contribution in [0.1, 0.15) is 1.37 Å². The van der Waals surface area contributed by atoms with Crippen LogP contribution in [-0.2, 0) is 0 Å². The van der Waals surface area contributed by atoms with Gasteiger partial charge in [0, 0.05) is 1.37 Å². The van der Waals surface area contributed by atoms with Crippen LogP contribution in [-0.4, -0.2) is 34.8 Å². The molecule has 3 aromatic heterocycles. The second-order valence-corrected chi connectivity index (χ2v) is 3.23. The van der Waals surface area contributed by atoms with E-state index in [0.717, 1.165) is 0 Å². The molecule has 9 nitrogen and oxygen atoms in total. The number of aromatic amines is 2. The number of alkyl halides is 1. The van der Waals surface area contributed by atoms with E-state index in [9.17, 15) is 4.79 Å². The smallest absolute Gasteiger partial charge is 0.325 e. The minimum Gasteiger partial charge on any atom is -0.394 e. The fraction of sp³-hybridized carbons (Fsp3) is 0.100. The van der Waals surface area contributed by atoms with Gasteiger partial charge < -0.3 is 16.5 Å². The molecule has 0 aliphatic rings. The zero-order valence-corrected chi connectivity index (χ0v) is 12.4.